The first-order chi connectivity index (χ1) is 13.9. The van der Waals surface area contributed by atoms with E-state index >= 15 is 0 Å². The molecular formula is C24H26N2O3. The monoisotopic (exact) mass is 390 g/mol. The Labute approximate surface area is 171 Å². The lowest BCUT2D eigenvalue weighted by Gasteiger charge is -2.39. The van der Waals surface area contributed by atoms with Gasteiger partial charge in [-0.3, -0.25) is 9.59 Å². The predicted molar refractivity (Wildman–Crippen MR) is 115 cm³/mol. The highest BCUT2D eigenvalue weighted by Gasteiger charge is 2.30. The van der Waals surface area contributed by atoms with Crippen molar-refractivity contribution in [3.05, 3.63) is 70.0 Å². The van der Waals surface area contributed by atoms with E-state index in [9.17, 15) is 14.7 Å². The normalized spacial score (nSPS) is 16.9. The van der Waals surface area contributed by atoms with Gasteiger partial charge in [-0.15, -0.1) is 0 Å². The second kappa shape index (κ2) is 7.39. The molecular weight excluding hydrogens is 364 g/mol. The summed E-state index contributed by atoms with van der Waals surface area (Å²) in [5.74, 6) is -0.681. The van der Waals surface area contributed by atoms with Gasteiger partial charge in [-0.25, -0.2) is 0 Å². The number of allylic oxidation sites excluding steroid dienone is 2. The molecule has 0 unspecified atom stereocenters. The van der Waals surface area contributed by atoms with E-state index in [1.165, 1.54) is 11.3 Å². The van der Waals surface area contributed by atoms with Crippen LogP contribution < -0.4 is 9.80 Å². The fraction of sp³-hybridized carbons (Fsp3) is 0.333. The molecule has 1 aliphatic heterocycles. The third kappa shape index (κ3) is 3.31. The number of hydrogen-bond acceptors (Lipinski definition) is 5. The summed E-state index contributed by atoms with van der Waals surface area (Å²) in [4.78, 5) is 29.9. The highest BCUT2D eigenvalue weighted by Crippen LogP contribution is 2.35. The number of para-hydroxylation sites is 1. The Morgan fingerprint density at radius 1 is 1.03 bits per heavy atom. The Bertz CT molecular complexity index is 1040. The molecule has 0 fully saturated rings. The van der Waals surface area contributed by atoms with E-state index in [0.717, 1.165) is 23.5 Å². The maximum atomic E-state index is 13.1. The van der Waals surface area contributed by atoms with Crippen molar-refractivity contribution >= 4 is 22.9 Å². The van der Waals surface area contributed by atoms with Crippen LogP contribution >= 0.6 is 0 Å². The fourth-order valence-corrected chi connectivity index (χ4v) is 4.42. The van der Waals surface area contributed by atoms with Crippen molar-refractivity contribution in [2.75, 3.05) is 23.5 Å². The maximum absolute atomic E-state index is 13.1. The Balaban J connectivity index is 1.75. The third-order valence-electron chi connectivity index (χ3n) is 6.03. The summed E-state index contributed by atoms with van der Waals surface area (Å²) in [6.07, 6.45) is 1.31. The third-order valence-corrected chi connectivity index (χ3v) is 6.03. The second-order valence-electron chi connectivity index (χ2n) is 7.99. The van der Waals surface area contributed by atoms with E-state index in [1.807, 2.05) is 32.2 Å². The zero-order valence-electron chi connectivity index (χ0n) is 17.2. The van der Waals surface area contributed by atoms with Crippen LogP contribution in [0.15, 0.2) is 47.7 Å². The molecule has 0 bridgehead atoms. The van der Waals surface area contributed by atoms with Crippen molar-refractivity contribution in [3.8, 4) is 0 Å². The van der Waals surface area contributed by atoms with E-state index in [4.69, 9.17) is 0 Å². The smallest absolute Gasteiger partial charge is 0.200 e. The Hall–Kier alpha value is -3.08. The highest BCUT2D eigenvalue weighted by atomic mass is 16.3. The van der Waals surface area contributed by atoms with Crippen molar-refractivity contribution in [1.29, 1.82) is 0 Å². The number of nitrogens with zero attached hydrogens (tertiary/aromatic N) is 2. The first-order valence-electron chi connectivity index (χ1n) is 10.0. The lowest BCUT2D eigenvalue weighted by Crippen LogP contribution is -2.41. The summed E-state index contributed by atoms with van der Waals surface area (Å²) in [5.41, 5.74) is 5.89. The molecule has 1 aliphatic carbocycles. The van der Waals surface area contributed by atoms with Crippen LogP contribution in [-0.4, -0.2) is 30.4 Å². The molecule has 0 amide bonds. The molecule has 0 saturated carbocycles. The Kier molecular flexibility index (Phi) is 4.91. The first-order valence-corrected chi connectivity index (χ1v) is 10.0. The second-order valence-corrected chi connectivity index (χ2v) is 7.99. The van der Waals surface area contributed by atoms with Gasteiger partial charge < -0.3 is 14.9 Å². The minimum Gasteiger partial charge on any atom is -0.511 e. The van der Waals surface area contributed by atoms with Gasteiger partial charge in [-0.05, 0) is 55.2 Å². The van der Waals surface area contributed by atoms with Gasteiger partial charge in [0, 0.05) is 43.4 Å². The molecule has 5 nitrogen and oxygen atoms in total. The number of aliphatic hydroxyl groups excluding tert-OH is 1. The average Bonchev–Trinajstić information content (AvgIpc) is 2.68. The van der Waals surface area contributed by atoms with Crippen LogP contribution in [0.3, 0.4) is 0 Å². The average molecular weight is 390 g/mol. The summed E-state index contributed by atoms with van der Waals surface area (Å²) in [6, 6.07) is 12.0. The zero-order chi connectivity index (χ0) is 20.7. The first kappa shape index (κ1) is 19.2. The number of anilines is 2. The van der Waals surface area contributed by atoms with E-state index in [0.29, 0.717) is 31.4 Å². The van der Waals surface area contributed by atoms with E-state index in [1.54, 1.807) is 6.07 Å². The Morgan fingerprint density at radius 3 is 2.52 bits per heavy atom. The van der Waals surface area contributed by atoms with E-state index < -0.39 is 0 Å². The molecule has 29 heavy (non-hydrogen) atoms. The van der Waals surface area contributed by atoms with Gasteiger partial charge in [0.05, 0.1) is 6.67 Å². The topological polar surface area (TPSA) is 60.9 Å². The van der Waals surface area contributed by atoms with Gasteiger partial charge in [0.1, 0.15) is 11.3 Å². The minimum atomic E-state index is -0.358. The summed E-state index contributed by atoms with van der Waals surface area (Å²) in [5, 5.41) is 10.2. The summed E-state index contributed by atoms with van der Waals surface area (Å²) in [7, 11) is 2.04. The summed E-state index contributed by atoms with van der Waals surface area (Å²) in [6.45, 7) is 5.49. The quantitative estimate of drug-likeness (QED) is 0.619. The molecule has 0 aromatic heterocycles. The molecule has 0 radical (unpaired) electrons. The molecule has 0 spiro atoms. The van der Waals surface area contributed by atoms with Crippen molar-refractivity contribution in [1.82, 2.24) is 0 Å². The standard InChI is InChI=1S/C24H26N2O3/c1-15-7-4-5-8-19(15)26-13-18-16(2)17(11-12-20(18)25(3)14-26)24(29)23-21(27)9-6-10-22(23)28/h4-5,7-8,11-12,27H,6,9-10,13-14H2,1-3H3. The molecule has 5 heteroatoms. The molecule has 1 heterocycles. The number of fused-ring (bicyclic) bond motifs is 1. The van der Waals surface area contributed by atoms with Crippen LogP contribution in [0, 0.1) is 13.8 Å². The molecule has 2 aromatic rings. The van der Waals surface area contributed by atoms with Gasteiger partial charge in [-0.1, -0.05) is 18.2 Å². The number of aliphatic hydroxyl groups is 1. The number of ketones is 2. The number of aryl methyl sites for hydroxylation is 1. The number of carbonyl (C=O) groups excluding carboxylic acids is 2. The lowest BCUT2D eigenvalue weighted by molar-refractivity contribution is -0.116. The molecule has 2 aromatic carbocycles. The number of rotatable bonds is 3. The van der Waals surface area contributed by atoms with Crippen LogP contribution in [0.2, 0.25) is 0 Å². The SMILES string of the molecule is Cc1ccccc1N1Cc2c(ccc(C(=O)C3=C(O)CCCC3=O)c2C)N(C)C1. The van der Waals surface area contributed by atoms with E-state index in [2.05, 4.69) is 28.9 Å². The van der Waals surface area contributed by atoms with Crippen molar-refractivity contribution in [2.45, 2.75) is 39.7 Å². The molecule has 1 N–H and O–H groups in total. The fourth-order valence-electron chi connectivity index (χ4n) is 4.42. The van der Waals surface area contributed by atoms with Crippen LogP contribution in [0.4, 0.5) is 11.4 Å². The van der Waals surface area contributed by atoms with Crippen molar-refractivity contribution in [3.63, 3.8) is 0 Å². The number of hydrogen-bond donors (Lipinski definition) is 1. The van der Waals surface area contributed by atoms with E-state index in [-0.39, 0.29) is 22.9 Å². The number of benzene rings is 2. The van der Waals surface area contributed by atoms with Crippen molar-refractivity contribution in [2.24, 2.45) is 0 Å². The summed E-state index contributed by atoms with van der Waals surface area (Å²) >= 11 is 0. The van der Waals surface area contributed by atoms with Gasteiger partial charge in [0.15, 0.2) is 11.6 Å². The molecule has 0 atom stereocenters. The summed E-state index contributed by atoms with van der Waals surface area (Å²) < 4.78 is 0. The largest absolute Gasteiger partial charge is 0.511 e. The van der Waals surface area contributed by atoms with Crippen LogP contribution in [0.25, 0.3) is 0 Å². The van der Waals surface area contributed by atoms with Crippen molar-refractivity contribution < 1.29 is 14.7 Å². The van der Waals surface area contributed by atoms with Crippen LogP contribution in [-0.2, 0) is 11.3 Å². The minimum absolute atomic E-state index is 0.0285. The highest BCUT2D eigenvalue weighted by molar-refractivity contribution is 6.27. The van der Waals surface area contributed by atoms with Gasteiger partial charge in [0.2, 0.25) is 0 Å². The van der Waals surface area contributed by atoms with Gasteiger partial charge in [0.25, 0.3) is 0 Å². The number of carbonyl (C=O) groups is 2. The molecule has 150 valence electrons. The van der Waals surface area contributed by atoms with Crippen LogP contribution in [0.5, 0.6) is 0 Å². The molecule has 2 aliphatic rings. The molecule has 0 saturated heterocycles. The predicted octanol–water partition coefficient (Wildman–Crippen LogP) is 4.47. The lowest BCUT2D eigenvalue weighted by atomic mass is 9.87. The zero-order valence-corrected chi connectivity index (χ0v) is 17.2. The Morgan fingerprint density at radius 2 is 1.79 bits per heavy atom. The van der Waals surface area contributed by atoms with Gasteiger partial charge in [-0.2, -0.15) is 0 Å². The van der Waals surface area contributed by atoms with Gasteiger partial charge >= 0.3 is 0 Å². The molecule has 4 rings (SSSR count). The number of Topliss-reactive ketones (excluding diaryl/α,β-unsaturated/α-hetero) is 2. The maximum Gasteiger partial charge on any atom is 0.200 e. The van der Waals surface area contributed by atoms with Crippen LogP contribution in [0.1, 0.15) is 46.3 Å².